The van der Waals surface area contributed by atoms with E-state index in [1.54, 1.807) is 31.3 Å². The van der Waals surface area contributed by atoms with Crippen LogP contribution in [0.5, 0.6) is 0 Å². The van der Waals surface area contributed by atoms with E-state index in [0.717, 1.165) is 6.20 Å². The molecule has 1 aromatic heterocycles. The van der Waals surface area contributed by atoms with Crippen LogP contribution in [0.3, 0.4) is 0 Å². The number of nitrogens with two attached hydrogens (primary N) is 1. The SMILES string of the molecule is CN=C(C(=O)NC1(CO)CCOCC1)c1ccccc1N.COCc1cccnc1C(F)(F)F. The van der Waals surface area contributed by atoms with Crippen molar-refractivity contribution in [1.29, 1.82) is 0 Å². The number of aromatic nitrogens is 1. The number of benzene rings is 1. The molecule has 0 spiro atoms. The molecule has 11 heteroatoms. The van der Waals surface area contributed by atoms with Gasteiger partial charge in [-0.15, -0.1) is 0 Å². The van der Waals surface area contributed by atoms with Crippen LogP contribution >= 0.6 is 0 Å². The van der Waals surface area contributed by atoms with Gasteiger partial charge in [-0.3, -0.25) is 14.8 Å². The summed E-state index contributed by atoms with van der Waals surface area (Å²) in [6.07, 6.45) is -2.13. The number of amides is 1. The summed E-state index contributed by atoms with van der Waals surface area (Å²) >= 11 is 0. The quantitative estimate of drug-likeness (QED) is 0.430. The van der Waals surface area contributed by atoms with Crippen LogP contribution in [-0.4, -0.2) is 61.2 Å². The number of carbonyl (C=O) groups excluding carboxylic acids is 1. The molecule has 0 saturated carbocycles. The fraction of sp³-hybridized carbons (Fsp3) is 0.435. The number of halogens is 3. The number of hydrogen-bond acceptors (Lipinski definition) is 7. The number of nitrogens with one attached hydrogen (secondary N) is 1. The number of methoxy groups -OCH3 is 1. The number of ether oxygens (including phenoxy) is 2. The van der Waals surface area contributed by atoms with Gasteiger partial charge in [0.2, 0.25) is 0 Å². The molecule has 1 fully saturated rings. The van der Waals surface area contributed by atoms with E-state index < -0.39 is 17.4 Å². The normalized spacial score (nSPS) is 15.8. The van der Waals surface area contributed by atoms with Gasteiger partial charge in [0.1, 0.15) is 11.4 Å². The van der Waals surface area contributed by atoms with Crippen molar-refractivity contribution in [1.82, 2.24) is 10.3 Å². The minimum absolute atomic E-state index is 0.0532. The second-order valence-electron chi connectivity index (χ2n) is 7.61. The molecular weight excluding hydrogens is 453 g/mol. The molecule has 3 rings (SSSR count). The average Bonchev–Trinajstić information content (AvgIpc) is 2.82. The van der Waals surface area contributed by atoms with Crippen molar-refractivity contribution >= 4 is 17.3 Å². The van der Waals surface area contributed by atoms with Gasteiger partial charge in [0.25, 0.3) is 5.91 Å². The first-order chi connectivity index (χ1) is 16.2. The van der Waals surface area contributed by atoms with Gasteiger partial charge in [-0.25, -0.2) is 0 Å². The van der Waals surface area contributed by atoms with Crippen molar-refractivity contribution in [2.45, 2.75) is 31.2 Å². The van der Waals surface area contributed by atoms with Crippen molar-refractivity contribution in [3.05, 3.63) is 59.4 Å². The highest BCUT2D eigenvalue weighted by Crippen LogP contribution is 2.30. The van der Waals surface area contributed by atoms with Crippen LogP contribution in [0.25, 0.3) is 0 Å². The fourth-order valence-corrected chi connectivity index (χ4v) is 3.41. The van der Waals surface area contributed by atoms with Crippen LogP contribution < -0.4 is 11.1 Å². The summed E-state index contributed by atoms with van der Waals surface area (Å²) in [6, 6.07) is 9.89. The van der Waals surface area contributed by atoms with Gasteiger partial charge < -0.3 is 25.6 Å². The smallest absolute Gasteiger partial charge is 0.398 e. The molecule has 2 aromatic rings. The topological polar surface area (TPSA) is 119 Å². The molecule has 34 heavy (non-hydrogen) atoms. The summed E-state index contributed by atoms with van der Waals surface area (Å²) in [6.45, 7) is 0.839. The molecule has 4 N–H and O–H groups in total. The maximum Gasteiger partial charge on any atom is 0.433 e. The van der Waals surface area contributed by atoms with Gasteiger partial charge in [0.15, 0.2) is 0 Å². The Balaban J connectivity index is 0.000000270. The summed E-state index contributed by atoms with van der Waals surface area (Å²) in [7, 11) is 2.89. The number of aliphatic hydroxyl groups excluding tert-OH is 1. The van der Waals surface area contributed by atoms with Gasteiger partial charge in [0, 0.05) is 50.4 Å². The van der Waals surface area contributed by atoms with Crippen molar-refractivity contribution in [2.75, 3.05) is 39.7 Å². The van der Waals surface area contributed by atoms with Gasteiger partial charge in [0.05, 0.1) is 18.8 Å². The van der Waals surface area contributed by atoms with Crippen LogP contribution in [-0.2, 0) is 27.1 Å². The zero-order chi connectivity index (χ0) is 25.2. The van der Waals surface area contributed by atoms with Crippen LogP contribution in [0.4, 0.5) is 18.9 Å². The third-order valence-corrected chi connectivity index (χ3v) is 5.25. The van der Waals surface area contributed by atoms with Gasteiger partial charge in [-0.2, -0.15) is 13.2 Å². The Morgan fingerprint density at radius 2 is 1.94 bits per heavy atom. The largest absolute Gasteiger partial charge is 0.433 e. The van der Waals surface area contributed by atoms with Crippen molar-refractivity contribution in [3.8, 4) is 0 Å². The molecule has 186 valence electrons. The van der Waals surface area contributed by atoms with E-state index in [2.05, 4.69) is 20.0 Å². The molecule has 0 unspecified atom stereocenters. The third kappa shape index (κ3) is 7.24. The Morgan fingerprint density at radius 1 is 1.26 bits per heavy atom. The van der Waals surface area contributed by atoms with Crippen molar-refractivity contribution < 1.29 is 32.5 Å². The van der Waals surface area contributed by atoms with E-state index >= 15 is 0 Å². The molecule has 1 aromatic carbocycles. The van der Waals surface area contributed by atoms with E-state index in [1.165, 1.54) is 19.2 Å². The number of nitrogens with zero attached hydrogens (tertiary/aromatic N) is 2. The molecule has 0 bridgehead atoms. The summed E-state index contributed by atoms with van der Waals surface area (Å²) < 4.78 is 46.7. The molecule has 1 saturated heterocycles. The Hall–Kier alpha value is -3.02. The first-order valence-electron chi connectivity index (χ1n) is 10.5. The zero-order valence-corrected chi connectivity index (χ0v) is 19.1. The fourth-order valence-electron chi connectivity index (χ4n) is 3.41. The lowest BCUT2D eigenvalue weighted by Gasteiger charge is -2.36. The number of aliphatic hydroxyl groups is 1. The first kappa shape index (κ1) is 27.2. The van der Waals surface area contributed by atoms with E-state index in [4.69, 9.17) is 10.5 Å². The Bertz CT molecular complexity index is 977. The molecular formula is C23H29F3N4O4. The first-order valence-corrected chi connectivity index (χ1v) is 10.5. The highest BCUT2D eigenvalue weighted by molar-refractivity contribution is 6.46. The summed E-state index contributed by atoms with van der Waals surface area (Å²) in [4.78, 5) is 19.8. The Morgan fingerprint density at radius 3 is 2.50 bits per heavy atom. The van der Waals surface area contributed by atoms with Gasteiger partial charge >= 0.3 is 6.18 Å². The maximum absolute atomic E-state index is 12.5. The number of para-hydroxylation sites is 1. The van der Waals surface area contributed by atoms with Gasteiger partial charge in [-0.05, 0) is 25.0 Å². The summed E-state index contributed by atoms with van der Waals surface area (Å²) in [5.41, 5.74) is 5.80. The average molecular weight is 483 g/mol. The van der Waals surface area contributed by atoms with Crippen molar-refractivity contribution in [2.24, 2.45) is 4.99 Å². The lowest BCUT2D eigenvalue weighted by molar-refractivity contribution is -0.142. The second-order valence-corrected chi connectivity index (χ2v) is 7.61. The maximum atomic E-state index is 12.5. The monoisotopic (exact) mass is 482 g/mol. The van der Waals surface area contributed by atoms with E-state index in [-0.39, 0.29) is 30.4 Å². The van der Waals surface area contributed by atoms with Gasteiger partial charge in [-0.1, -0.05) is 24.3 Å². The number of carbonyl (C=O) groups is 1. The Kier molecular flexibility index (Phi) is 9.97. The van der Waals surface area contributed by atoms with E-state index in [9.17, 15) is 23.1 Å². The molecule has 8 nitrogen and oxygen atoms in total. The zero-order valence-electron chi connectivity index (χ0n) is 19.1. The second kappa shape index (κ2) is 12.4. The van der Waals surface area contributed by atoms with Crippen molar-refractivity contribution in [3.63, 3.8) is 0 Å². The molecule has 0 aliphatic carbocycles. The highest BCUT2D eigenvalue weighted by Gasteiger charge is 2.35. The van der Waals surface area contributed by atoms with Crippen LogP contribution in [0, 0.1) is 0 Å². The number of anilines is 1. The number of rotatable bonds is 6. The number of nitrogen functional groups attached to an aromatic ring is 1. The predicted octanol–water partition coefficient (Wildman–Crippen LogP) is 2.59. The number of hydrogen-bond donors (Lipinski definition) is 3. The lowest BCUT2D eigenvalue weighted by atomic mass is 9.90. The standard InChI is InChI=1S/C15H21N3O3.C8H8F3NO/c1-17-13(11-4-2-3-5-12(11)16)14(20)18-15(10-19)6-8-21-9-7-15;1-13-5-6-3-2-4-12-7(6)8(9,10)11/h2-5,19H,6-10,16H2,1H3,(H,18,20);2-4H,5H2,1H3. The van der Waals surface area contributed by atoms with Crippen LogP contribution in [0.2, 0.25) is 0 Å². The van der Waals surface area contributed by atoms with Crippen LogP contribution in [0.15, 0.2) is 47.6 Å². The summed E-state index contributed by atoms with van der Waals surface area (Å²) in [5, 5.41) is 12.5. The molecule has 0 radical (unpaired) electrons. The number of aliphatic imine (C=N–C) groups is 1. The van der Waals surface area contributed by atoms with E-state index in [1.807, 2.05) is 0 Å². The molecule has 2 heterocycles. The van der Waals surface area contributed by atoms with E-state index in [0.29, 0.717) is 37.3 Å². The molecule has 1 aliphatic rings. The predicted molar refractivity (Wildman–Crippen MR) is 121 cm³/mol. The van der Waals surface area contributed by atoms with Crippen LogP contribution in [0.1, 0.15) is 29.7 Å². The minimum atomic E-state index is -4.41. The lowest BCUT2D eigenvalue weighted by Crippen LogP contribution is -2.56. The minimum Gasteiger partial charge on any atom is -0.398 e. The molecule has 0 atom stereocenters. The number of alkyl halides is 3. The Labute approximate surface area is 196 Å². The third-order valence-electron chi connectivity index (χ3n) is 5.25. The number of pyridine rings is 1. The molecule has 1 amide bonds. The summed E-state index contributed by atoms with van der Waals surface area (Å²) in [5.74, 6) is -0.327. The highest BCUT2D eigenvalue weighted by atomic mass is 19.4. The molecule has 1 aliphatic heterocycles.